The van der Waals surface area contributed by atoms with Gasteiger partial charge in [-0.1, -0.05) is 0 Å². The lowest BCUT2D eigenvalue weighted by molar-refractivity contribution is 0.0358. The van der Waals surface area contributed by atoms with Crippen LogP contribution in [-0.2, 0) is 15.6 Å². The van der Waals surface area contributed by atoms with E-state index in [0.717, 1.165) is 68.2 Å². The van der Waals surface area contributed by atoms with Crippen LogP contribution in [-0.4, -0.2) is 61.9 Å². The first-order valence-corrected chi connectivity index (χ1v) is 10.7. The van der Waals surface area contributed by atoms with Gasteiger partial charge < -0.3 is 9.47 Å². The zero-order valence-electron chi connectivity index (χ0n) is 15.0. The summed E-state index contributed by atoms with van der Waals surface area (Å²) >= 11 is 0. The van der Waals surface area contributed by atoms with E-state index in [2.05, 4.69) is 45.7 Å². The van der Waals surface area contributed by atoms with E-state index >= 15 is 0 Å². The Hall–Kier alpha value is -1.74. The summed E-state index contributed by atoms with van der Waals surface area (Å²) in [5, 5.41) is 4.26. The van der Waals surface area contributed by atoms with E-state index < -0.39 is 0 Å². The van der Waals surface area contributed by atoms with E-state index in [-0.39, 0.29) is 10.9 Å². The number of aromatic nitrogens is 1. The fraction of sp³-hybridized carbons (Fsp3) is 0.450. The summed E-state index contributed by atoms with van der Waals surface area (Å²) in [6.45, 7) is 5.56. The van der Waals surface area contributed by atoms with Crippen molar-refractivity contribution in [3.63, 3.8) is 0 Å². The Kier molecular flexibility index (Phi) is 6.57. The van der Waals surface area contributed by atoms with Gasteiger partial charge in [0, 0.05) is 30.9 Å². The molecule has 1 aliphatic rings. The Morgan fingerprint density at radius 1 is 1.20 bits per heavy atom. The van der Waals surface area contributed by atoms with Crippen LogP contribution in [0.3, 0.4) is 0 Å². The van der Waals surface area contributed by atoms with E-state index in [0.29, 0.717) is 0 Å². The van der Waals surface area contributed by atoms with Crippen LogP contribution in [0, 0.1) is 11.2 Å². The van der Waals surface area contributed by atoms with Crippen molar-refractivity contribution in [1.29, 1.82) is 0 Å². The molecule has 3 rings (SSSR count). The lowest BCUT2D eigenvalue weighted by Crippen LogP contribution is -2.37. The van der Waals surface area contributed by atoms with Gasteiger partial charge in [-0.2, -0.15) is 0 Å². The largest absolute Gasteiger partial charge is 0.494 e. The second kappa shape index (κ2) is 9.10. The minimum Gasteiger partial charge on any atom is -0.494 e. The first-order valence-electron chi connectivity index (χ1n) is 8.64. The normalized spacial score (nSPS) is 15.2. The van der Waals surface area contributed by atoms with Gasteiger partial charge in [0.05, 0.1) is 36.2 Å². The number of ether oxygens (including phenoxy) is 2. The van der Waals surface area contributed by atoms with Gasteiger partial charge >= 0.3 is 0 Å². The molecule has 1 fully saturated rings. The number of hydrogen-bond acceptors (Lipinski definition) is 4. The zero-order valence-corrected chi connectivity index (χ0v) is 15.8. The molecule has 0 aliphatic carbocycles. The Morgan fingerprint density at radius 3 is 2.84 bits per heavy atom. The Labute approximate surface area is 152 Å². The molecule has 0 atom stereocenters. The predicted molar refractivity (Wildman–Crippen MR) is 105 cm³/mol. The van der Waals surface area contributed by atoms with Gasteiger partial charge in [0.15, 0.2) is 5.25 Å². The first kappa shape index (κ1) is 18.1. The quantitative estimate of drug-likeness (QED) is 0.468. The minimum atomic E-state index is 0.108. The summed E-state index contributed by atoms with van der Waals surface area (Å²) in [4.78, 5) is 7.03. The first-order chi connectivity index (χ1) is 12.2. The highest BCUT2D eigenvalue weighted by atomic mass is 32.2. The summed E-state index contributed by atoms with van der Waals surface area (Å²) in [5.74, 6) is 4.03. The SMILES string of the molecule is C[S+](C)C#Cc1ccc2cc(OCCCN3CCOCC3)ccc2n1. The van der Waals surface area contributed by atoms with Crippen LogP contribution in [0.5, 0.6) is 5.75 Å². The van der Waals surface area contributed by atoms with Crippen molar-refractivity contribution in [3.8, 4) is 16.9 Å². The maximum absolute atomic E-state index is 5.90. The summed E-state index contributed by atoms with van der Waals surface area (Å²) in [6.07, 6.45) is 5.24. The molecule has 1 aromatic carbocycles. The van der Waals surface area contributed by atoms with E-state index in [1.807, 2.05) is 18.2 Å². The van der Waals surface area contributed by atoms with Crippen LogP contribution in [0.25, 0.3) is 10.9 Å². The summed E-state index contributed by atoms with van der Waals surface area (Å²) < 4.78 is 11.3. The van der Waals surface area contributed by atoms with Crippen molar-refractivity contribution in [2.24, 2.45) is 0 Å². The molecule has 5 heteroatoms. The summed E-state index contributed by atoms with van der Waals surface area (Å²) in [7, 11) is 0.108. The highest BCUT2D eigenvalue weighted by molar-refractivity contribution is 8.00. The molecule has 0 radical (unpaired) electrons. The molecular weight excluding hydrogens is 332 g/mol. The van der Waals surface area contributed by atoms with Gasteiger partial charge in [0.2, 0.25) is 0 Å². The average molecular weight is 357 g/mol. The van der Waals surface area contributed by atoms with Gasteiger partial charge in [-0.15, -0.1) is 0 Å². The number of nitrogens with zero attached hydrogens (tertiary/aromatic N) is 2. The van der Waals surface area contributed by atoms with Crippen LogP contribution in [0.4, 0.5) is 0 Å². The summed E-state index contributed by atoms with van der Waals surface area (Å²) in [6, 6.07) is 10.1. The monoisotopic (exact) mass is 357 g/mol. The zero-order chi connectivity index (χ0) is 17.5. The fourth-order valence-corrected chi connectivity index (χ4v) is 3.03. The molecule has 2 aromatic rings. The molecule has 0 unspecified atom stereocenters. The third-order valence-electron chi connectivity index (χ3n) is 4.03. The standard InChI is InChI=1S/C20H25N2O2S/c1-25(2)15-8-18-5-4-17-16-19(6-7-20(17)21-18)24-12-3-9-22-10-13-23-14-11-22/h4-7,16H,3,9-14H2,1-2H3/q+1. The third-order valence-corrected chi connectivity index (χ3v) is 4.55. The number of fused-ring (bicyclic) bond motifs is 1. The van der Waals surface area contributed by atoms with Crippen LogP contribution in [0.2, 0.25) is 0 Å². The van der Waals surface area contributed by atoms with Crippen molar-refractivity contribution in [3.05, 3.63) is 36.0 Å². The Morgan fingerprint density at radius 2 is 2.04 bits per heavy atom. The van der Waals surface area contributed by atoms with Crippen LogP contribution < -0.4 is 4.74 Å². The minimum absolute atomic E-state index is 0.108. The van der Waals surface area contributed by atoms with Gasteiger partial charge in [-0.05, 0) is 36.8 Å². The average Bonchev–Trinajstić information content (AvgIpc) is 2.64. The Bertz CT molecular complexity index is 761. The number of hydrogen-bond donors (Lipinski definition) is 0. The molecule has 0 bridgehead atoms. The molecule has 0 saturated carbocycles. The van der Waals surface area contributed by atoms with Gasteiger partial charge in [-0.25, -0.2) is 4.98 Å². The number of morpholine rings is 1. The van der Waals surface area contributed by atoms with Crippen molar-refractivity contribution >= 4 is 21.8 Å². The lowest BCUT2D eigenvalue weighted by Gasteiger charge is -2.26. The maximum atomic E-state index is 5.90. The van der Waals surface area contributed by atoms with Crippen molar-refractivity contribution in [2.75, 3.05) is 52.0 Å². The van der Waals surface area contributed by atoms with E-state index in [1.54, 1.807) is 0 Å². The maximum Gasteiger partial charge on any atom is 0.158 e. The van der Waals surface area contributed by atoms with Crippen molar-refractivity contribution in [1.82, 2.24) is 9.88 Å². The molecule has 0 amide bonds. The predicted octanol–water partition coefficient (Wildman–Crippen LogP) is 2.52. The third kappa shape index (κ3) is 5.64. The molecule has 1 saturated heterocycles. The second-order valence-electron chi connectivity index (χ2n) is 6.25. The molecule has 25 heavy (non-hydrogen) atoms. The number of pyridine rings is 1. The van der Waals surface area contributed by atoms with Crippen molar-refractivity contribution in [2.45, 2.75) is 6.42 Å². The molecule has 1 aromatic heterocycles. The highest BCUT2D eigenvalue weighted by Crippen LogP contribution is 2.20. The van der Waals surface area contributed by atoms with Crippen molar-refractivity contribution < 1.29 is 9.47 Å². The van der Waals surface area contributed by atoms with Gasteiger partial charge in [0.25, 0.3) is 0 Å². The van der Waals surface area contributed by atoms with Crippen LogP contribution in [0.1, 0.15) is 12.1 Å². The molecule has 0 spiro atoms. The lowest BCUT2D eigenvalue weighted by atomic mass is 10.2. The van der Waals surface area contributed by atoms with E-state index in [4.69, 9.17) is 9.47 Å². The van der Waals surface area contributed by atoms with Gasteiger partial charge in [-0.3, -0.25) is 4.90 Å². The molecule has 2 heterocycles. The topological polar surface area (TPSA) is 34.6 Å². The molecule has 0 N–H and O–H groups in total. The summed E-state index contributed by atoms with van der Waals surface area (Å²) in [5.41, 5.74) is 1.78. The number of rotatable bonds is 5. The fourth-order valence-electron chi connectivity index (χ4n) is 2.72. The molecule has 132 valence electrons. The molecule has 4 nitrogen and oxygen atoms in total. The van der Waals surface area contributed by atoms with Crippen LogP contribution in [0.15, 0.2) is 30.3 Å². The highest BCUT2D eigenvalue weighted by Gasteiger charge is 2.09. The Balaban J connectivity index is 1.54. The van der Waals surface area contributed by atoms with Gasteiger partial charge in [0.1, 0.15) is 24.0 Å². The number of benzene rings is 1. The van der Waals surface area contributed by atoms with E-state index in [9.17, 15) is 0 Å². The van der Waals surface area contributed by atoms with Crippen LogP contribution >= 0.6 is 0 Å². The second-order valence-corrected chi connectivity index (χ2v) is 8.09. The molecule has 1 aliphatic heterocycles. The molecular formula is C20H25N2O2S+. The smallest absolute Gasteiger partial charge is 0.158 e. The van der Waals surface area contributed by atoms with E-state index in [1.165, 1.54) is 0 Å².